The Hall–Kier alpha value is -10.3. The number of ether oxygens (including phenoxy) is 5. The highest BCUT2D eigenvalue weighted by Gasteiger charge is 2.22. The van der Waals surface area contributed by atoms with Gasteiger partial charge in [0.25, 0.3) is 17.7 Å². The number of carbonyl (C=O) groups excluding carboxylic acids is 7. The standard InChI is InChI=1S/C27H29ClN2O4.C26H28ClN3O3.C26H29ClN2O4S.C4H9NOSi.C2H3ClO2.CH3ClO2S/c1-18(2)34-25-14-13-22(16-24(25)28)26(31)30-23(17-29-27(32)33-3)15-19-9-11-21(12-10-19)20-7-5-4-6-8-20;1-17(2)33-24-13-12-21(15-23(24)27)25(31)30-22(16-29-26(28)32)14-18-8-10-20(11-9-18)19-6-4-3-5-7-19;1-18(2)33-25-14-13-22(16-24(25)27)26(30)29-23(17-28-34(3,31)32)15-19-9-11-21(12-10-19)20-7-5-4-6-8-20;1-7(2,3)5-4-6;1-5-2(3)4;1-5(2,3)4/h4-14,16,18,23H,15,17H2,1-3H3,(H,29,32)(H,30,31);3-13,15,17,22H,14,16H2,1-2H3,(H,30,31)(H3,28,29,32);4-14,16,18,23,28H,15,17H2,1-3H3,(H,29,30);1-3H3;2*1H3/t23-;22-;23-;;;/m000.../s1. The number of methoxy groups -OCH3 is 2. The van der Waals surface area contributed by atoms with Crippen LogP contribution in [0.15, 0.2) is 223 Å². The second-order valence-corrected chi connectivity index (χ2v) is 39.0. The van der Waals surface area contributed by atoms with Crippen molar-refractivity contribution >= 4 is 126 Å². The average Bonchev–Trinajstić information content (AvgIpc) is 0.806. The number of rotatable bonds is 29. The molecule has 9 aromatic carbocycles. The van der Waals surface area contributed by atoms with E-state index in [1.807, 2.05) is 201 Å². The van der Waals surface area contributed by atoms with Gasteiger partial charge in [-0.2, -0.15) is 0 Å². The lowest BCUT2D eigenvalue weighted by atomic mass is 10.0. The first-order valence-electron chi connectivity index (χ1n) is 36.9. The summed E-state index contributed by atoms with van der Waals surface area (Å²) in [5, 5.41) is 15.2. The lowest BCUT2D eigenvalue weighted by Gasteiger charge is -2.20. The monoisotopic (exact) mass is 1770 g/mol. The Morgan fingerprint density at radius 3 is 0.932 bits per heavy atom. The normalized spacial score (nSPS) is 11.5. The minimum atomic E-state index is -3.42. The summed E-state index contributed by atoms with van der Waals surface area (Å²) in [5.41, 5.74) is 15.3. The fourth-order valence-electron chi connectivity index (χ4n) is 10.4. The number of alkyl carbamates (subject to hydrolysis) is 1. The quantitative estimate of drug-likeness (QED) is 0.00991. The number of isocyanates is 1. The Balaban J connectivity index is 0.000000337. The van der Waals surface area contributed by atoms with Crippen LogP contribution in [0.5, 0.6) is 17.2 Å². The van der Waals surface area contributed by atoms with Gasteiger partial charge >= 0.3 is 17.6 Å². The largest absolute Gasteiger partial charge is 0.489 e. The third-order valence-corrected chi connectivity index (χ3v) is 18.1. The van der Waals surface area contributed by atoms with Crippen molar-refractivity contribution in [2.24, 2.45) is 10.4 Å². The van der Waals surface area contributed by atoms with Crippen LogP contribution in [0.25, 0.3) is 33.4 Å². The Labute approximate surface area is 717 Å². The maximum absolute atomic E-state index is 12.9. The number of nitrogens with one attached hydrogen (secondary N) is 6. The van der Waals surface area contributed by atoms with Gasteiger partial charge in [-0.3, -0.25) is 14.4 Å². The SMILES string of the molecule is CC(C)Oc1ccc(C(=O)N[C@H](CNC(N)=O)Cc2ccc(-c3ccccc3)cc2)cc1Cl.CC(C)Oc1ccc(C(=O)N[C@H](CNS(C)(=O)=O)Cc2ccc(-c3ccccc3)cc2)cc1Cl.COC(=O)Cl.COC(=O)NC[C@H](Cc1ccc(-c2ccccc2)cc1)NC(=O)c1ccc(OC(C)C)c(Cl)c1.CS(=O)(=O)Cl.C[Si](C)(C)N=C=O. The number of primary amides is 1. The number of nitrogens with zero attached hydrogens (tertiary/aromatic N) is 1. The summed E-state index contributed by atoms with van der Waals surface area (Å²) < 4.78 is 73.6. The van der Waals surface area contributed by atoms with Crippen molar-refractivity contribution in [1.82, 2.24) is 31.3 Å². The van der Waals surface area contributed by atoms with Gasteiger partial charge in [-0.05, 0) is 185 Å². The molecule has 0 fully saturated rings. The first-order chi connectivity index (χ1) is 55.6. The van der Waals surface area contributed by atoms with E-state index in [2.05, 4.69) is 92.0 Å². The van der Waals surface area contributed by atoms with Crippen LogP contribution in [-0.4, -0.2) is 149 Å². The van der Waals surface area contributed by atoms with Crippen LogP contribution >= 0.6 is 57.1 Å². The lowest BCUT2D eigenvalue weighted by molar-refractivity contribution is 0.0927. The topological polar surface area (TPSA) is 344 Å². The van der Waals surface area contributed by atoms with Gasteiger partial charge in [0, 0.05) is 64.6 Å². The lowest BCUT2D eigenvalue weighted by Crippen LogP contribution is -2.46. The molecule has 0 aromatic heterocycles. The maximum Gasteiger partial charge on any atom is 0.406 e. The van der Waals surface area contributed by atoms with Crippen molar-refractivity contribution in [3.63, 3.8) is 0 Å². The van der Waals surface area contributed by atoms with Gasteiger partial charge in [-0.15, -0.1) is 0 Å². The van der Waals surface area contributed by atoms with Gasteiger partial charge in [0.1, 0.15) is 17.2 Å². The molecular weight excluding hydrogens is 1670 g/mol. The Bertz CT molecular complexity index is 4950. The van der Waals surface area contributed by atoms with Crippen LogP contribution in [-0.2, 0) is 52.6 Å². The zero-order valence-corrected chi connectivity index (χ0v) is 74.2. The number of hydrogen-bond acceptors (Lipinski definition) is 17. The van der Waals surface area contributed by atoms with E-state index in [-0.39, 0.29) is 67.8 Å². The summed E-state index contributed by atoms with van der Waals surface area (Å²) in [4.78, 5) is 80.5. The van der Waals surface area contributed by atoms with Gasteiger partial charge in [-0.1, -0.05) is 199 Å². The highest BCUT2D eigenvalue weighted by atomic mass is 35.7. The zero-order chi connectivity index (χ0) is 87.7. The van der Waals surface area contributed by atoms with E-state index in [1.54, 1.807) is 60.7 Å². The molecule has 0 saturated heterocycles. The van der Waals surface area contributed by atoms with Crippen LogP contribution in [0.4, 0.5) is 14.4 Å². The van der Waals surface area contributed by atoms with Crippen LogP contribution in [0.2, 0.25) is 34.7 Å². The average molecular weight is 1770 g/mol. The predicted octanol–water partition coefficient (Wildman–Crippen LogP) is 17.3. The maximum atomic E-state index is 12.9. The number of nitrogens with two attached hydrogens (primary N) is 1. The molecule has 8 N–H and O–H groups in total. The van der Waals surface area contributed by atoms with Crippen molar-refractivity contribution in [2.75, 3.05) is 46.4 Å². The van der Waals surface area contributed by atoms with E-state index < -0.39 is 50.9 Å². The Morgan fingerprint density at radius 1 is 0.441 bits per heavy atom. The molecule has 632 valence electrons. The van der Waals surface area contributed by atoms with Crippen LogP contribution in [0.3, 0.4) is 0 Å². The number of halogens is 5. The summed E-state index contributed by atoms with van der Waals surface area (Å²) >= 11 is 23.4. The molecule has 24 nitrogen and oxygen atoms in total. The van der Waals surface area contributed by atoms with Crippen LogP contribution in [0, 0.1) is 0 Å². The van der Waals surface area contributed by atoms with E-state index in [9.17, 15) is 50.4 Å². The number of carbonyl (C=O) groups is 6. The number of urea groups is 1. The van der Waals surface area contributed by atoms with Gasteiger partial charge in [0.2, 0.25) is 25.2 Å². The molecule has 0 spiro atoms. The second-order valence-electron chi connectivity index (χ2n) is 28.0. The summed E-state index contributed by atoms with van der Waals surface area (Å²) in [6, 6.07) is 67.3. The summed E-state index contributed by atoms with van der Waals surface area (Å²) in [6.45, 7) is 17.8. The first-order valence-corrected chi connectivity index (χ1v) is 46.4. The van der Waals surface area contributed by atoms with Gasteiger partial charge < -0.3 is 56.0 Å². The van der Waals surface area contributed by atoms with Crippen LogP contribution in [0.1, 0.15) is 89.3 Å². The molecule has 0 aliphatic heterocycles. The van der Waals surface area contributed by atoms with E-state index in [0.29, 0.717) is 68.3 Å². The van der Waals surface area contributed by atoms with Crippen LogP contribution < -0.4 is 51.3 Å². The van der Waals surface area contributed by atoms with E-state index >= 15 is 0 Å². The molecule has 0 bridgehead atoms. The molecular formula is C86H101Cl5N8O16S2Si. The molecule has 0 saturated carbocycles. The molecule has 9 aromatic rings. The molecule has 0 radical (unpaired) electrons. The fraction of sp³-hybridized carbons (Fsp3) is 0.291. The molecule has 0 unspecified atom stereocenters. The smallest absolute Gasteiger partial charge is 0.406 e. The number of amides is 6. The van der Waals surface area contributed by atoms with Gasteiger partial charge in [0.15, 0.2) is 8.24 Å². The van der Waals surface area contributed by atoms with Crippen molar-refractivity contribution in [2.45, 2.75) is 117 Å². The predicted molar refractivity (Wildman–Crippen MR) is 473 cm³/mol. The number of sulfonamides is 1. The molecule has 0 aliphatic carbocycles. The summed E-state index contributed by atoms with van der Waals surface area (Å²) in [6.07, 6.45) is 4.39. The molecule has 0 heterocycles. The van der Waals surface area contributed by atoms with Crippen molar-refractivity contribution in [3.8, 4) is 50.6 Å². The summed E-state index contributed by atoms with van der Waals surface area (Å²) in [5.74, 6) is 0.603. The Morgan fingerprint density at radius 2 is 0.712 bits per heavy atom. The minimum absolute atomic E-state index is 0.0280. The molecule has 118 heavy (non-hydrogen) atoms. The second kappa shape index (κ2) is 51.1. The molecule has 32 heteroatoms. The summed E-state index contributed by atoms with van der Waals surface area (Å²) in [7, 11) is -1.05. The van der Waals surface area contributed by atoms with Gasteiger partial charge in [-0.25, -0.2) is 45.4 Å². The van der Waals surface area contributed by atoms with Crippen molar-refractivity contribution in [1.29, 1.82) is 0 Å². The van der Waals surface area contributed by atoms with Crippen molar-refractivity contribution in [3.05, 3.63) is 267 Å². The number of benzene rings is 9. The molecule has 6 amide bonds. The minimum Gasteiger partial charge on any atom is -0.489 e. The van der Waals surface area contributed by atoms with E-state index in [0.717, 1.165) is 62.6 Å². The van der Waals surface area contributed by atoms with E-state index in [4.69, 9.17) is 54.7 Å². The highest BCUT2D eigenvalue weighted by molar-refractivity contribution is 8.13. The first kappa shape index (κ1) is 100. The van der Waals surface area contributed by atoms with Gasteiger partial charge in [0.05, 0.1) is 72.2 Å². The van der Waals surface area contributed by atoms with E-state index in [1.165, 1.54) is 14.2 Å². The Kier molecular flexibility index (Phi) is 43.4. The number of hydrogen-bond donors (Lipinski definition) is 7. The van der Waals surface area contributed by atoms with Crippen molar-refractivity contribution < 1.29 is 74.1 Å². The molecule has 3 atom stereocenters. The zero-order valence-electron chi connectivity index (χ0n) is 67.8. The molecule has 9 rings (SSSR count). The molecule has 0 aliphatic rings. The third kappa shape index (κ3) is 41.7. The third-order valence-electron chi connectivity index (χ3n) is 15.6. The fourth-order valence-corrected chi connectivity index (χ4v) is 11.9. The highest BCUT2D eigenvalue weighted by Crippen LogP contribution is 2.30.